The molecule has 0 radical (unpaired) electrons. The van der Waals surface area contributed by atoms with E-state index in [1.807, 2.05) is 13.8 Å². The topological polar surface area (TPSA) is 55.1 Å². The van der Waals surface area contributed by atoms with Crippen molar-refractivity contribution in [2.45, 2.75) is 26.7 Å². The van der Waals surface area contributed by atoms with Gasteiger partial charge in [0.25, 0.3) is 0 Å². The van der Waals surface area contributed by atoms with Crippen LogP contribution in [0, 0.1) is 17.0 Å². The molecule has 3 N–H and O–H groups in total. The van der Waals surface area contributed by atoms with Crippen LogP contribution < -0.4 is 11.1 Å². The third-order valence-corrected chi connectivity index (χ3v) is 3.43. The van der Waals surface area contributed by atoms with Crippen LogP contribution in [0.4, 0.5) is 14.5 Å². The first-order valence-corrected chi connectivity index (χ1v) is 5.96. The summed E-state index contributed by atoms with van der Waals surface area (Å²) in [5, 5.41) is 2.41. The zero-order valence-corrected chi connectivity index (χ0v) is 10.6. The summed E-state index contributed by atoms with van der Waals surface area (Å²) in [4.78, 5) is 12.1. The van der Waals surface area contributed by atoms with Gasteiger partial charge in [0.2, 0.25) is 5.91 Å². The molecule has 1 aromatic carbocycles. The van der Waals surface area contributed by atoms with Crippen LogP contribution in [0.15, 0.2) is 18.2 Å². The molecule has 1 rings (SSSR count). The Kier molecular flexibility index (Phi) is 4.78. The van der Waals surface area contributed by atoms with Crippen molar-refractivity contribution < 1.29 is 13.6 Å². The second kappa shape index (κ2) is 5.91. The van der Waals surface area contributed by atoms with Gasteiger partial charge in [-0.25, -0.2) is 8.78 Å². The van der Waals surface area contributed by atoms with Crippen LogP contribution in [-0.2, 0) is 4.79 Å². The van der Waals surface area contributed by atoms with E-state index in [1.54, 1.807) is 0 Å². The number of rotatable bonds is 5. The summed E-state index contributed by atoms with van der Waals surface area (Å²) in [6.45, 7) is 3.86. The van der Waals surface area contributed by atoms with Crippen LogP contribution in [0.3, 0.4) is 0 Å². The first kappa shape index (κ1) is 14.6. The molecular weight excluding hydrogens is 238 g/mol. The summed E-state index contributed by atoms with van der Waals surface area (Å²) in [5.74, 6) is -2.41. The number of halogens is 2. The summed E-state index contributed by atoms with van der Waals surface area (Å²) in [7, 11) is 0. The highest BCUT2D eigenvalue weighted by Gasteiger charge is 2.33. The van der Waals surface area contributed by atoms with Gasteiger partial charge in [-0.2, -0.15) is 0 Å². The molecule has 0 fully saturated rings. The van der Waals surface area contributed by atoms with Crippen LogP contribution in [0.1, 0.15) is 26.7 Å². The van der Waals surface area contributed by atoms with Gasteiger partial charge in [0, 0.05) is 6.54 Å². The molecule has 0 aromatic heterocycles. The molecule has 0 saturated heterocycles. The molecule has 5 heteroatoms. The Balaban J connectivity index is 2.97. The van der Waals surface area contributed by atoms with Gasteiger partial charge in [-0.3, -0.25) is 4.79 Å². The maximum Gasteiger partial charge on any atom is 0.231 e. The van der Waals surface area contributed by atoms with Gasteiger partial charge in [0.1, 0.15) is 0 Å². The Hall–Kier alpha value is -1.49. The minimum atomic E-state index is -1.05. The van der Waals surface area contributed by atoms with Gasteiger partial charge in [0.05, 0.1) is 11.1 Å². The average Bonchev–Trinajstić information content (AvgIpc) is 2.38. The minimum Gasteiger partial charge on any atom is -0.329 e. The van der Waals surface area contributed by atoms with Crippen molar-refractivity contribution in [1.82, 2.24) is 0 Å². The molecule has 3 nitrogen and oxygen atoms in total. The lowest BCUT2D eigenvalue weighted by Crippen LogP contribution is -2.41. The Bertz CT molecular complexity index is 423. The number of amides is 1. The molecule has 0 saturated carbocycles. The largest absolute Gasteiger partial charge is 0.329 e. The normalized spacial score (nSPS) is 11.4. The molecule has 0 aliphatic carbocycles. The second-order valence-electron chi connectivity index (χ2n) is 4.25. The van der Waals surface area contributed by atoms with Crippen molar-refractivity contribution in [2.24, 2.45) is 11.1 Å². The summed E-state index contributed by atoms with van der Waals surface area (Å²) in [5.41, 5.74) is 4.73. The lowest BCUT2D eigenvalue weighted by atomic mass is 9.81. The van der Waals surface area contributed by atoms with E-state index in [9.17, 15) is 13.6 Å². The van der Waals surface area contributed by atoms with Gasteiger partial charge in [-0.05, 0) is 25.0 Å². The quantitative estimate of drug-likeness (QED) is 0.851. The lowest BCUT2D eigenvalue weighted by Gasteiger charge is -2.28. The average molecular weight is 256 g/mol. The van der Waals surface area contributed by atoms with Crippen molar-refractivity contribution in [3.63, 3.8) is 0 Å². The molecule has 1 aromatic rings. The zero-order valence-electron chi connectivity index (χ0n) is 10.6. The number of carbonyl (C=O) groups is 1. The number of benzene rings is 1. The van der Waals surface area contributed by atoms with Crippen LogP contribution in [0.25, 0.3) is 0 Å². The van der Waals surface area contributed by atoms with E-state index < -0.39 is 17.0 Å². The fourth-order valence-electron chi connectivity index (χ4n) is 1.81. The van der Waals surface area contributed by atoms with E-state index in [4.69, 9.17) is 5.73 Å². The van der Waals surface area contributed by atoms with E-state index in [2.05, 4.69) is 5.32 Å². The fraction of sp³-hybridized carbons (Fsp3) is 0.462. The lowest BCUT2D eigenvalue weighted by molar-refractivity contribution is -0.125. The molecule has 0 unspecified atom stereocenters. The highest BCUT2D eigenvalue weighted by Crippen LogP contribution is 2.27. The standard InChI is InChI=1S/C13H18F2N2O/c1-3-13(4-2,8-16)12(18)17-10-7-5-6-9(14)11(10)15/h5-7H,3-4,8,16H2,1-2H3,(H,17,18). The summed E-state index contributed by atoms with van der Waals surface area (Å²) >= 11 is 0. The smallest absolute Gasteiger partial charge is 0.231 e. The fourth-order valence-corrected chi connectivity index (χ4v) is 1.81. The van der Waals surface area contributed by atoms with E-state index in [0.29, 0.717) is 12.8 Å². The second-order valence-corrected chi connectivity index (χ2v) is 4.25. The van der Waals surface area contributed by atoms with E-state index >= 15 is 0 Å². The first-order valence-electron chi connectivity index (χ1n) is 5.96. The Labute approximate surface area is 105 Å². The zero-order chi connectivity index (χ0) is 13.8. The SMILES string of the molecule is CCC(CC)(CN)C(=O)Nc1cccc(F)c1F. The third kappa shape index (κ3) is 2.67. The Morgan fingerprint density at radius 3 is 2.44 bits per heavy atom. The Morgan fingerprint density at radius 2 is 1.94 bits per heavy atom. The number of hydrogen-bond donors (Lipinski definition) is 2. The molecule has 0 atom stereocenters. The molecule has 0 heterocycles. The highest BCUT2D eigenvalue weighted by atomic mass is 19.2. The highest BCUT2D eigenvalue weighted by molar-refractivity contribution is 5.95. The summed E-state index contributed by atoms with van der Waals surface area (Å²) in [6.07, 6.45) is 1.09. The van der Waals surface area contributed by atoms with Crippen molar-refractivity contribution in [3.05, 3.63) is 29.8 Å². The predicted octanol–water partition coefficient (Wildman–Crippen LogP) is 2.67. The van der Waals surface area contributed by atoms with Crippen molar-refractivity contribution in [1.29, 1.82) is 0 Å². The molecule has 100 valence electrons. The molecule has 1 amide bonds. The number of nitrogens with two attached hydrogens (primary N) is 1. The summed E-state index contributed by atoms with van der Waals surface area (Å²) < 4.78 is 26.5. The molecule has 18 heavy (non-hydrogen) atoms. The third-order valence-electron chi connectivity index (χ3n) is 3.43. The first-order chi connectivity index (χ1) is 8.50. The molecular formula is C13H18F2N2O. The molecule has 0 bridgehead atoms. The van der Waals surface area contributed by atoms with E-state index in [-0.39, 0.29) is 18.1 Å². The number of carbonyl (C=O) groups excluding carboxylic acids is 1. The number of anilines is 1. The van der Waals surface area contributed by atoms with Crippen LogP contribution in [-0.4, -0.2) is 12.5 Å². The van der Waals surface area contributed by atoms with Crippen LogP contribution in [0.2, 0.25) is 0 Å². The molecule has 0 aliphatic rings. The van der Waals surface area contributed by atoms with Crippen LogP contribution >= 0.6 is 0 Å². The number of hydrogen-bond acceptors (Lipinski definition) is 2. The van der Waals surface area contributed by atoms with E-state index in [0.717, 1.165) is 6.07 Å². The minimum absolute atomic E-state index is 0.153. The van der Waals surface area contributed by atoms with E-state index in [1.165, 1.54) is 12.1 Å². The van der Waals surface area contributed by atoms with Gasteiger partial charge in [0.15, 0.2) is 11.6 Å². The monoisotopic (exact) mass is 256 g/mol. The summed E-state index contributed by atoms with van der Waals surface area (Å²) in [6, 6.07) is 3.67. The van der Waals surface area contributed by atoms with Gasteiger partial charge in [-0.15, -0.1) is 0 Å². The maximum absolute atomic E-state index is 13.4. The van der Waals surface area contributed by atoms with Crippen molar-refractivity contribution >= 4 is 11.6 Å². The van der Waals surface area contributed by atoms with Crippen molar-refractivity contribution in [2.75, 3.05) is 11.9 Å². The van der Waals surface area contributed by atoms with Gasteiger partial charge < -0.3 is 11.1 Å². The maximum atomic E-state index is 13.4. The van der Waals surface area contributed by atoms with Gasteiger partial charge in [-0.1, -0.05) is 19.9 Å². The van der Waals surface area contributed by atoms with Crippen molar-refractivity contribution in [3.8, 4) is 0 Å². The number of nitrogens with one attached hydrogen (secondary N) is 1. The molecule has 0 spiro atoms. The van der Waals surface area contributed by atoms with Gasteiger partial charge >= 0.3 is 0 Å². The molecule has 0 aliphatic heterocycles. The Morgan fingerprint density at radius 1 is 1.33 bits per heavy atom. The predicted molar refractivity (Wildman–Crippen MR) is 67.1 cm³/mol. The van der Waals surface area contributed by atoms with Crippen LogP contribution in [0.5, 0.6) is 0 Å².